The molecule has 3 N–H and O–H groups in total. The fraction of sp³-hybridized carbons (Fsp3) is 0.440. The Kier molecular flexibility index (Phi) is 7.59. The lowest BCUT2D eigenvalue weighted by Gasteiger charge is -2.25. The molecule has 0 bridgehead atoms. The van der Waals surface area contributed by atoms with E-state index in [4.69, 9.17) is 14.6 Å². The van der Waals surface area contributed by atoms with Crippen LogP contribution in [0.4, 0.5) is 5.69 Å². The van der Waals surface area contributed by atoms with Gasteiger partial charge in [-0.3, -0.25) is 0 Å². The van der Waals surface area contributed by atoms with Crippen LogP contribution in [0.15, 0.2) is 48.5 Å². The van der Waals surface area contributed by atoms with Crippen molar-refractivity contribution in [2.45, 2.75) is 25.5 Å². The molecule has 0 radical (unpaired) electrons. The van der Waals surface area contributed by atoms with Crippen LogP contribution < -0.4 is 5.32 Å². The van der Waals surface area contributed by atoms with Crippen LogP contribution in [0.25, 0.3) is 22.2 Å². The maximum Gasteiger partial charge on any atom is 0.0718 e. The number of ether oxygens (including phenoxy) is 2. The van der Waals surface area contributed by atoms with Gasteiger partial charge in [-0.05, 0) is 49.2 Å². The molecule has 1 aromatic heterocycles. The predicted molar refractivity (Wildman–Crippen MR) is 125 cm³/mol. The Morgan fingerprint density at radius 3 is 2.71 bits per heavy atom. The first-order valence-electron chi connectivity index (χ1n) is 11.2. The highest BCUT2D eigenvalue weighted by molar-refractivity contribution is 5.95. The van der Waals surface area contributed by atoms with Gasteiger partial charge in [-0.2, -0.15) is 0 Å². The first-order valence-corrected chi connectivity index (χ1v) is 11.2. The predicted octanol–water partition coefficient (Wildman–Crippen LogP) is 3.87. The van der Waals surface area contributed by atoms with Crippen LogP contribution in [0, 0.1) is 0 Å². The van der Waals surface area contributed by atoms with Gasteiger partial charge in [0.25, 0.3) is 0 Å². The number of aliphatic hydroxyl groups is 1. The quantitative estimate of drug-likeness (QED) is 0.432. The van der Waals surface area contributed by atoms with Crippen molar-refractivity contribution in [3.63, 3.8) is 0 Å². The minimum atomic E-state index is 0.172. The zero-order chi connectivity index (χ0) is 21.5. The van der Waals surface area contributed by atoms with E-state index in [1.54, 1.807) is 0 Å². The Morgan fingerprint density at radius 1 is 1.13 bits per heavy atom. The van der Waals surface area contributed by atoms with Crippen molar-refractivity contribution in [2.75, 3.05) is 51.9 Å². The molecule has 31 heavy (non-hydrogen) atoms. The van der Waals surface area contributed by atoms with Crippen molar-refractivity contribution in [2.24, 2.45) is 0 Å². The number of aromatic amines is 1. The first kappa shape index (κ1) is 21.8. The maximum atomic E-state index is 9.02. The molecule has 0 unspecified atom stereocenters. The number of nitrogens with one attached hydrogen (secondary N) is 2. The van der Waals surface area contributed by atoms with E-state index in [1.807, 2.05) is 13.1 Å². The maximum absolute atomic E-state index is 9.02. The summed E-state index contributed by atoms with van der Waals surface area (Å²) < 4.78 is 11.5. The molecule has 166 valence electrons. The molecule has 6 nitrogen and oxygen atoms in total. The topological polar surface area (TPSA) is 69.8 Å². The van der Waals surface area contributed by atoms with Crippen LogP contribution in [0.5, 0.6) is 0 Å². The summed E-state index contributed by atoms with van der Waals surface area (Å²) >= 11 is 0. The van der Waals surface area contributed by atoms with Crippen LogP contribution in [0.2, 0.25) is 0 Å². The van der Waals surface area contributed by atoms with E-state index in [0.29, 0.717) is 25.8 Å². The average molecular weight is 424 g/mol. The van der Waals surface area contributed by atoms with Gasteiger partial charge in [-0.1, -0.05) is 30.3 Å². The highest BCUT2D eigenvalue weighted by Crippen LogP contribution is 2.31. The molecule has 6 heteroatoms. The van der Waals surface area contributed by atoms with E-state index < -0.39 is 0 Å². The third-order valence-corrected chi connectivity index (χ3v) is 5.82. The van der Waals surface area contributed by atoms with Crippen molar-refractivity contribution in [1.29, 1.82) is 0 Å². The molecule has 1 aliphatic heterocycles. The van der Waals surface area contributed by atoms with E-state index in [2.05, 4.69) is 57.7 Å². The Bertz CT molecular complexity index is 951. The van der Waals surface area contributed by atoms with Gasteiger partial charge < -0.3 is 29.8 Å². The molecule has 2 heterocycles. The van der Waals surface area contributed by atoms with Crippen molar-refractivity contribution in [3.8, 4) is 11.3 Å². The molecule has 0 spiro atoms. The lowest BCUT2D eigenvalue weighted by atomic mass is 10.1. The van der Waals surface area contributed by atoms with E-state index in [-0.39, 0.29) is 6.61 Å². The molecular formula is C25H33N3O3. The van der Waals surface area contributed by atoms with Gasteiger partial charge in [-0.25, -0.2) is 0 Å². The number of benzene rings is 2. The summed E-state index contributed by atoms with van der Waals surface area (Å²) in [6, 6.07) is 17.5. The Labute approximate surface area is 184 Å². The van der Waals surface area contributed by atoms with Crippen LogP contribution >= 0.6 is 0 Å². The number of likely N-dealkylation sites (N-methyl/N-ethyl adjacent to an activating group) is 1. The van der Waals surface area contributed by atoms with Crippen molar-refractivity contribution in [3.05, 3.63) is 54.1 Å². The Morgan fingerprint density at radius 2 is 1.94 bits per heavy atom. The summed E-state index contributed by atoms with van der Waals surface area (Å²) in [5, 5.41) is 14.0. The third kappa shape index (κ3) is 5.86. The molecule has 3 aromatic rings. The van der Waals surface area contributed by atoms with Crippen LogP contribution in [-0.4, -0.2) is 67.6 Å². The van der Waals surface area contributed by atoms with Gasteiger partial charge in [0.15, 0.2) is 0 Å². The summed E-state index contributed by atoms with van der Waals surface area (Å²) in [5.41, 5.74) is 5.72. The minimum absolute atomic E-state index is 0.172. The van der Waals surface area contributed by atoms with Crippen LogP contribution in [0.1, 0.15) is 18.4 Å². The fourth-order valence-corrected chi connectivity index (χ4v) is 4.03. The highest BCUT2D eigenvalue weighted by atomic mass is 16.5. The Hall–Kier alpha value is -2.38. The van der Waals surface area contributed by atoms with Crippen LogP contribution in [-0.2, 0) is 16.1 Å². The minimum Gasteiger partial charge on any atom is -0.395 e. The number of nitrogens with zero attached hydrogens (tertiary/aromatic N) is 1. The fourth-order valence-electron chi connectivity index (χ4n) is 4.03. The molecule has 0 amide bonds. The van der Waals surface area contributed by atoms with Gasteiger partial charge in [-0.15, -0.1) is 0 Å². The van der Waals surface area contributed by atoms with Crippen LogP contribution in [0.3, 0.4) is 0 Å². The normalized spacial score (nSPS) is 15.1. The van der Waals surface area contributed by atoms with E-state index in [9.17, 15) is 0 Å². The molecular weight excluding hydrogens is 390 g/mol. The molecule has 0 saturated carbocycles. The summed E-state index contributed by atoms with van der Waals surface area (Å²) in [6.07, 6.45) is 2.04. The number of aliphatic hydroxyl groups excluding tert-OH is 1. The molecule has 1 saturated heterocycles. The monoisotopic (exact) mass is 423 g/mol. The molecule has 0 atom stereocenters. The van der Waals surface area contributed by atoms with Gasteiger partial charge in [0.05, 0.1) is 31.0 Å². The number of rotatable bonds is 10. The largest absolute Gasteiger partial charge is 0.395 e. The zero-order valence-corrected chi connectivity index (χ0v) is 18.3. The van der Waals surface area contributed by atoms with Crippen molar-refractivity contribution < 1.29 is 14.6 Å². The summed E-state index contributed by atoms with van der Waals surface area (Å²) in [6.45, 7) is 4.47. The SMILES string of the molecule is CN(CCO)CCOCc1cc(NC2CCOCC2)c2[nH]c(-c3ccccc3)cc2c1. The Balaban J connectivity index is 1.54. The summed E-state index contributed by atoms with van der Waals surface area (Å²) in [7, 11) is 1.99. The molecule has 1 aliphatic rings. The first-order chi connectivity index (χ1) is 15.2. The van der Waals surface area contributed by atoms with Gasteiger partial charge in [0.1, 0.15) is 0 Å². The summed E-state index contributed by atoms with van der Waals surface area (Å²) in [5.74, 6) is 0. The lowest BCUT2D eigenvalue weighted by molar-refractivity contribution is 0.0903. The smallest absolute Gasteiger partial charge is 0.0718 e. The molecule has 2 aromatic carbocycles. The van der Waals surface area contributed by atoms with E-state index in [1.165, 1.54) is 10.9 Å². The van der Waals surface area contributed by atoms with E-state index >= 15 is 0 Å². The van der Waals surface area contributed by atoms with E-state index in [0.717, 1.165) is 55.1 Å². The van der Waals surface area contributed by atoms with Crippen molar-refractivity contribution in [1.82, 2.24) is 9.88 Å². The third-order valence-electron chi connectivity index (χ3n) is 5.82. The number of hydrogen-bond acceptors (Lipinski definition) is 5. The van der Waals surface area contributed by atoms with Gasteiger partial charge in [0, 0.05) is 43.4 Å². The average Bonchev–Trinajstić information content (AvgIpc) is 3.23. The second-order valence-corrected chi connectivity index (χ2v) is 8.27. The number of hydrogen-bond donors (Lipinski definition) is 3. The van der Waals surface area contributed by atoms with Gasteiger partial charge >= 0.3 is 0 Å². The number of anilines is 1. The number of aromatic nitrogens is 1. The highest BCUT2D eigenvalue weighted by Gasteiger charge is 2.16. The van der Waals surface area contributed by atoms with Gasteiger partial charge in [0.2, 0.25) is 0 Å². The molecule has 0 aliphatic carbocycles. The standard InChI is InChI=1S/C25H33N3O3/c1-28(9-11-29)10-14-31-18-19-15-21-17-23(20-5-3-2-4-6-20)27-25(21)24(16-19)26-22-7-12-30-13-8-22/h2-6,15-17,22,26-27,29H,7-14,18H2,1H3. The molecule has 1 fully saturated rings. The second-order valence-electron chi connectivity index (χ2n) is 8.27. The summed E-state index contributed by atoms with van der Waals surface area (Å²) in [4.78, 5) is 5.70. The number of fused-ring (bicyclic) bond motifs is 1. The molecule has 4 rings (SSSR count). The zero-order valence-electron chi connectivity index (χ0n) is 18.3. The lowest BCUT2D eigenvalue weighted by Crippen LogP contribution is -2.28. The second kappa shape index (κ2) is 10.8. The van der Waals surface area contributed by atoms with Crippen molar-refractivity contribution >= 4 is 16.6 Å². The number of H-pyrrole nitrogens is 1.